The van der Waals surface area contributed by atoms with Crippen molar-refractivity contribution in [2.24, 2.45) is 0 Å². The number of nitrogens with zero attached hydrogens (tertiary/aromatic N) is 2. The second kappa shape index (κ2) is 16.0. The fraction of sp³-hybridized carbons (Fsp3) is 0.400. The minimum absolute atomic E-state index is 0.0877. The number of carbonyl (C=O) groups is 1. The van der Waals surface area contributed by atoms with Crippen molar-refractivity contribution < 1.29 is 31.8 Å². The van der Waals surface area contributed by atoms with Gasteiger partial charge in [-0.15, -0.1) is 0 Å². The second-order valence-electron chi connectivity index (χ2n) is 16.3. The SMILES string of the molecule is CC(C)c1c(S(=O)(=O)N(C)Cc2ccccc2)c(-c2ccc3ccccc3c2)c(-c2ccc(F)cc2)n1CC[C@@H]1C[C@H](CC(=O)OC(C)(C)C)OC(C)(C)O1. The molecule has 4 aromatic carbocycles. The Morgan fingerprint density at radius 3 is 2.18 bits per heavy atom. The van der Waals surface area contributed by atoms with Crippen LogP contribution >= 0.6 is 0 Å². The Hall–Kier alpha value is -4.35. The number of rotatable bonds is 12. The lowest BCUT2D eigenvalue weighted by Crippen LogP contribution is -2.46. The van der Waals surface area contributed by atoms with E-state index in [9.17, 15) is 9.18 Å². The molecule has 0 radical (unpaired) electrons. The van der Waals surface area contributed by atoms with Gasteiger partial charge in [0.25, 0.3) is 0 Å². The Kier molecular flexibility index (Phi) is 11.7. The summed E-state index contributed by atoms with van der Waals surface area (Å²) in [6.45, 7) is 13.8. The van der Waals surface area contributed by atoms with Crippen LogP contribution in [0.4, 0.5) is 4.39 Å². The first-order valence-corrected chi connectivity index (χ1v) is 20.4. The molecule has 0 amide bonds. The number of carbonyl (C=O) groups excluding carboxylic acids is 1. The van der Waals surface area contributed by atoms with Crippen molar-refractivity contribution in [2.75, 3.05) is 7.05 Å². The van der Waals surface area contributed by atoms with Gasteiger partial charge in [0.2, 0.25) is 10.0 Å². The lowest BCUT2D eigenvalue weighted by atomic mass is 9.97. The molecule has 0 bridgehead atoms. The van der Waals surface area contributed by atoms with Gasteiger partial charge in [0.15, 0.2) is 5.79 Å². The number of hydrogen-bond acceptors (Lipinski definition) is 6. The van der Waals surface area contributed by atoms with Gasteiger partial charge in [-0.05, 0) is 105 Å². The summed E-state index contributed by atoms with van der Waals surface area (Å²) >= 11 is 0. The van der Waals surface area contributed by atoms with Gasteiger partial charge in [-0.2, -0.15) is 4.31 Å². The third-order valence-corrected chi connectivity index (χ3v) is 11.7. The van der Waals surface area contributed by atoms with Crippen LogP contribution in [-0.2, 0) is 42.1 Å². The molecular formula is C45H53FN2O6S. The van der Waals surface area contributed by atoms with E-state index in [1.807, 2.05) is 121 Å². The Bertz CT molecular complexity index is 2240. The highest BCUT2D eigenvalue weighted by molar-refractivity contribution is 7.89. The summed E-state index contributed by atoms with van der Waals surface area (Å²) in [6, 6.07) is 29.8. The Labute approximate surface area is 325 Å². The predicted molar refractivity (Wildman–Crippen MR) is 215 cm³/mol. The molecule has 1 aromatic heterocycles. The third-order valence-electron chi connectivity index (χ3n) is 9.79. The molecular weight excluding hydrogens is 716 g/mol. The largest absolute Gasteiger partial charge is 0.460 e. The molecule has 0 spiro atoms. The van der Waals surface area contributed by atoms with Gasteiger partial charge < -0.3 is 18.8 Å². The summed E-state index contributed by atoms with van der Waals surface area (Å²) in [5, 5.41) is 2.00. The highest BCUT2D eigenvalue weighted by Crippen LogP contribution is 2.46. The van der Waals surface area contributed by atoms with Crippen molar-refractivity contribution in [1.29, 1.82) is 0 Å². The number of sulfonamides is 1. The van der Waals surface area contributed by atoms with Crippen LogP contribution in [-0.4, -0.2) is 53.9 Å². The molecule has 0 N–H and O–H groups in total. The first kappa shape index (κ1) is 40.3. The number of aromatic nitrogens is 1. The van der Waals surface area contributed by atoms with Crippen molar-refractivity contribution in [1.82, 2.24) is 8.87 Å². The highest BCUT2D eigenvalue weighted by Gasteiger charge is 2.39. The highest BCUT2D eigenvalue weighted by atomic mass is 32.2. The van der Waals surface area contributed by atoms with Crippen LogP contribution in [0.1, 0.15) is 84.9 Å². The maximum absolute atomic E-state index is 15.2. The smallest absolute Gasteiger partial charge is 0.308 e. The van der Waals surface area contributed by atoms with Crippen LogP contribution in [0.3, 0.4) is 0 Å². The fourth-order valence-corrected chi connectivity index (χ4v) is 9.36. The molecule has 6 rings (SSSR count). The van der Waals surface area contributed by atoms with Crippen molar-refractivity contribution >= 4 is 26.8 Å². The Balaban J connectivity index is 1.52. The van der Waals surface area contributed by atoms with E-state index in [4.69, 9.17) is 14.2 Å². The Morgan fingerprint density at radius 1 is 0.909 bits per heavy atom. The van der Waals surface area contributed by atoms with Crippen LogP contribution in [0.25, 0.3) is 33.2 Å². The molecule has 0 unspecified atom stereocenters. The molecule has 292 valence electrons. The molecule has 0 saturated carbocycles. The van der Waals surface area contributed by atoms with Gasteiger partial charge >= 0.3 is 5.97 Å². The normalized spacial score (nSPS) is 17.6. The summed E-state index contributed by atoms with van der Waals surface area (Å²) < 4.78 is 66.6. The van der Waals surface area contributed by atoms with Crippen LogP contribution in [0.15, 0.2) is 102 Å². The zero-order valence-electron chi connectivity index (χ0n) is 33.1. The predicted octanol–water partition coefficient (Wildman–Crippen LogP) is 10.1. The molecule has 5 aromatic rings. The minimum Gasteiger partial charge on any atom is -0.460 e. The zero-order chi connectivity index (χ0) is 39.7. The molecule has 2 atom stereocenters. The summed E-state index contributed by atoms with van der Waals surface area (Å²) in [5.74, 6) is -1.91. The van der Waals surface area contributed by atoms with E-state index >= 15 is 8.42 Å². The molecule has 8 nitrogen and oxygen atoms in total. The molecule has 55 heavy (non-hydrogen) atoms. The summed E-state index contributed by atoms with van der Waals surface area (Å²) in [7, 11) is -2.51. The first-order chi connectivity index (χ1) is 25.9. The second-order valence-corrected chi connectivity index (χ2v) is 18.2. The lowest BCUT2D eigenvalue weighted by Gasteiger charge is -2.41. The monoisotopic (exact) mass is 768 g/mol. The average Bonchev–Trinajstić information content (AvgIpc) is 3.46. The van der Waals surface area contributed by atoms with Gasteiger partial charge in [-0.1, -0.05) is 80.6 Å². The van der Waals surface area contributed by atoms with Crippen LogP contribution < -0.4 is 0 Å². The average molecular weight is 769 g/mol. The van der Waals surface area contributed by atoms with Crippen molar-refractivity contribution in [2.45, 2.75) is 115 Å². The number of esters is 1. The summed E-state index contributed by atoms with van der Waals surface area (Å²) in [6.07, 6.45) is 0.297. The third kappa shape index (κ3) is 9.38. The van der Waals surface area contributed by atoms with Crippen molar-refractivity contribution in [3.63, 3.8) is 0 Å². The summed E-state index contributed by atoms with van der Waals surface area (Å²) in [4.78, 5) is 13.1. The van der Waals surface area contributed by atoms with E-state index in [0.29, 0.717) is 41.9 Å². The number of fused-ring (bicyclic) bond motifs is 1. The van der Waals surface area contributed by atoms with E-state index in [1.165, 1.54) is 16.4 Å². The molecule has 1 fully saturated rings. The maximum atomic E-state index is 15.2. The van der Waals surface area contributed by atoms with E-state index in [0.717, 1.165) is 21.9 Å². The standard InChI is InChI=1S/C45H53FN2O6S/c1-30(2)41-43(55(50,51)47(8)29-31-14-10-9-11-15-31)40(35-19-18-32-16-12-13-17-34(32)26-35)42(33-20-22-36(46)23-21-33)48(41)25-24-37-27-38(53-45(6,7)52-37)28-39(49)54-44(3,4)5/h9-23,26,30,37-38H,24-25,27-29H2,1-8H3/t37-,38-/m1/s1. The maximum Gasteiger partial charge on any atom is 0.308 e. The van der Waals surface area contributed by atoms with Gasteiger partial charge in [-0.3, -0.25) is 4.79 Å². The molecule has 0 aliphatic carbocycles. The number of halogens is 1. The first-order valence-electron chi connectivity index (χ1n) is 19.0. The molecule has 1 aliphatic heterocycles. The number of benzene rings is 4. The van der Waals surface area contributed by atoms with Gasteiger partial charge in [0.05, 0.1) is 24.3 Å². The number of ether oxygens (including phenoxy) is 3. The minimum atomic E-state index is -4.13. The van der Waals surface area contributed by atoms with Crippen molar-refractivity contribution in [3.8, 4) is 22.4 Å². The zero-order valence-corrected chi connectivity index (χ0v) is 34.0. The van der Waals surface area contributed by atoms with Crippen LogP contribution in [0.2, 0.25) is 0 Å². The molecule has 2 heterocycles. The van der Waals surface area contributed by atoms with Gasteiger partial charge in [0.1, 0.15) is 16.3 Å². The van der Waals surface area contributed by atoms with Crippen molar-refractivity contribution in [3.05, 3.63) is 114 Å². The molecule has 1 aliphatic rings. The topological polar surface area (TPSA) is 87.1 Å². The van der Waals surface area contributed by atoms with Crippen LogP contribution in [0, 0.1) is 5.82 Å². The fourth-order valence-electron chi connectivity index (χ4n) is 7.65. The van der Waals surface area contributed by atoms with E-state index in [2.05, 4.69) is 4.57 Å². The lowest BCUT2D eigenvalue weighted by molar-refractivity contribution is -0.301. The Morgan fingerprint density at radius 2 is 1.53 bits per heavy atom. The van der Waals surface area contributed by atoms with E-state index in [-0.39, 0.29) is 41.7 Å². The van der Waals surface area contributed by atoms with E-state index in [1.54, 1.807) is 19.2 Å². The quantitative estimate of drug-likeness (QED) is 0.118. The molecule has 10 heteroatoms. The number of hydrogen-bond donors (Lipinski definition) is 0. The van der Waals surface area contributed by atoms with Gasteiger partial charge in [-0.25, -0.2) is 12.8 Å². The van der Waals surface area contributed by atoms with E-state index < -0.39 is 27.5 Å². The summed E-state index contributed by atoms with van der Waals surface area (Å²) in [5.41, 5.74) is 3.58. The van der Waals surface area contributed by atoms with Crippen LogP contribution in [0.5, 0.6) is 0 Å². The van der Waals surface area contributed by atoms with Gasteiger partial charge in [0, 0.05) is 37.8 Å². The molecule has 1 saturated heterocycles.